The predicted molar refractivity (Wildman–Crippen MR) is 144 cm³/mol. The molecule has 2 aliphatic carbocycles. The maximum atomic E-state index is 2.33. The minimum atomic E-state index is 1.08. The first-order valence-corrected chi connectivity index (χ1v) is 12.6. The second-order valence-corrected chi connectivity index (χ2v) is 6.51. The lowest BCUT2D eigenvalue weighted by Gasteiger charge is -2.10. The fourth-order valence-corrected chi connectivity index (χ4v) is 3.85. The van der Waals surface area contributed by atoms with Gasteiger partial charge in [0.25, 0.3) is 0 Å². The van der Waals surface area contributed by atoms with Crippen molar-refractivity contribution in [3.63, 3.8) is 0 Å². The molecule has 0 heterocycles. The summed E-state index contributed by atoms with van der Waals surface area (Å²) in [6.07, 6.45) is 3.42. The Morgan fingerprint density at radius 1 is 0.452 bits per heavy atom. The van der Waals surface area contributed by atoms with Crippen molar-refractivity contribution in [2.24, 2.45) is 0 Å². The van der Waals surface area contributed by atoms with Crippen LogP contribution in [0.15, 0.2) is 60.7 Å². The third-order valence-corrected chi connectivity index (χ3v) is 4.71. The SMILES string of the molecule is CC.CC.CC.CC.CCC.c1ccc2c(c1)Cc1ccc3c(c1-2)-c1ccccc1C3. The summed E-state index contributed by atoms with van der Waals surface area (Å²) in [7, 11) is 0. The summed E-state index contributed by atoms with van der Waals surface area (Å²) in [5.41, 5.74) is 11.8. The van der Waals surface area contributed by atoms with Gasteiger partial charge >= 0.3 is 0 Å². The molecule has 31 heavy (non-hydrogen) atoms. The first-order valence-electron chi connectivity index (χ1n) is 12.6. The molecule has 0 saturated heterocycles. The number of fused-ring (bicyclic) bond motifs is 7. The van der Waals surface area contributed by atoms with E-state index < -0.39 is 0 Å². The molecule has 3 aromatic carbocycles. The molecule has 0 aliphatic heterocycles. The van der Waals surface area contributed by atoms with Gasteiger partial charge in [-0.25, -0.2) is 0 Å². The molecule has 0 fully saturated rings. The van der Waals surface area contributed by atoms with E-state index in [1.54, 1.807) is 0 Å². The first-order chi connectivity index (χ1) is 15.3. The van der Waals surface area contributed by atoms with E-state index in [2.05, 4.69) is 74.5 Å². The standard InChI is InChI=1S/C20H14.C3H8.4C2H6/c1-3-7-17-13(5-1)11-15-9-10-16-12-14-6-2-4-8-18(14)20(16)19(15)17;1-3-2;4*1-2/h1-10H,11-12H2;3H2,1-2H3;4*1-2H3. The third kappa shape index (κ3) is 6.57. The molecular weight excluding hydrogens is 372 g/mol. The number of benzene rings is 3. The van der Waals surface area contributed by atoms with E-state index in [4.69, 9.17) is 0 Å². The molecule has 0 radical (unpaired) electrons. The summed E-state index contributed by atoms with van der Waals surface area (Å²) < 4.78 is 0. The molecule has 0 unspecified atom stereocenters. The van der Waals surface area contributed by atoms with Gasteiger partial charge in [-0.1, -0.05) is 136 Å². The molecule has 0 bridgehead atoms. The van der Waals surface area contributed by atoms with Gasteiger partial charge in [0, 0.05) is 0 Å². The average Bonchev–Trinajstić information content (AvgIpc) is 3.42. The smallest absolute Gasteiger partial charge is 0.00132 e. The van der Waals surface area contributed by atoms with Crippen molar-refractivity contribution in [2.45, 2.75) is 88.5 Å². The molecule has 0 heteroatoms. The maximum Gasteiger partial charge on any atom is -0.00132 e. The lowest BCUT2D eigenvalue weighted by molar-refractivity contribution is 1.09. The predicted octanol–water partition coefficient (Wildman–Crippen LogP) is 10.4. The topological polar surface area (TPSA) is 0 Å². The summed E-state index contributed by atoms with van der Waals surface area (Å²) in [5.74, 6) is 0. The summed E-state index contributed by atoms with van der Waals surface area (Å²) in [5, 5.41) is 0. The first kappa shape index (κ1) is 28.7. The molecule has 0 nitrogen and oxygen atoms in total. The Morgan fingerprint density at radius 3 is 1.06 bits per heavy atom. The van der Waals surface area contributed by atoms with Crippen LogP contribution in [0.4, 0.5) is 0 Å². The summed E-state index contributed by atoms with van der Waals surface area (Å²) in [6, 6.07) is 22.4. The van der Waals surface area contributed by atoms with Crippen LogP contribution in [0.1, 0.15) is 97.9 Å². The van der Waals surface area contributed by atoms with Crippen molar-refractivity contribution >= 4 is 0 Å². The van der Waals surface area contributed by atoms with E-state index in [-0.39, 0.29) is 0 Å². The highest BCUT2D eigenvalue weighted by molar-refractivity contribution is 5.95. The average molecular weight is 419 g/mol. The molecule has 0 spiro atoms. The summed E-state index contributed by atoms with van der Waals surface area (Å²) in [6.45, 7) is 20.2. The molecular formula is C31H46. The quantitative estimate of drug-likeness (QED) is 0.234. The Morgan fingerprint density at radius 2 is 0.742 bits per heavy atom. The van der Waals surface area contributed by atoms with Gasteiger partial charge in [-0.15, -0.1) is 0 Å². The van der Waals surface area contributed by atoms with Crippen molar-refractivity contribution in [1.82, 2.24) is 0 Å². The van der Waals surface area contributed by atoms with E-state index in [1.165, 1.54) is 50.9 Å². The molecule has 0 aromatic heterocycles. The molecule has 0 saturated carbocycles. The second-order valence-electron chi connectivity index (χ2n) is 6.51. The lowest BCUT2D eigenvalue weighted by atomic mass is 9.94. The van der Waals surface area contributed by atoms with Gasteiger partial charge < -0.3 is 0 Å². The third-order valence-electron chi connectivity index (χ3n) is 4.71. The van der Waals surface area contributed by atoms with Crippen molar-refractivity contribution in [1.29, 1.82) is 0 Å². The van der Waals surface area contributed by atoms with Crippen molar-refractivity contribution in [3.05, 3.63) is 82.9 Å². The Labute approximate surface area is 193 Å². The van der Waals surface area contributed by atoms with Crippen LogP contribution in [-0.2, 0) is 12.8 Å². The van der Waals surface area contributed by atoms with Crippen LogP contribution < -0.4 is 0 Å². The molecule has 0 N–H and O–H groups in total. The Hall–Kier alpha value is -2.34. The van der Waals surface area contributed by atoms with Crippen molar-refractivity contribution in [3.8, 4) is 22.3 Å². The molecule has 2 aliphatic rings. The van der Waals surface area contributed by atoms with Crippen LogP contribution in [0.2, 0.25) is 0 Å². The van der Waals surface area contributed by atoms with E-state index in [9.17, 15) is 0 Å². The van der Waals surface area contributed by atoms with Crippen molar-refractivity contribution < 1.29 is 0 Å². The van der Waals surface area contributed by atoms with Gasteiger partial charge in [0.05, 0.1) is 0 Å². The molecule has 170 valence electrons. The fraction of sp³-hybridized carbons (Fsp3) is 0.419. The highest BCUT2D eigenvalue weighted by Gasteiger charge is 2.27. The van der Waals surface area contributed by atoms with Gasteiger partial charge in [-0.2, -0.15) is 0 Å². The highest BCUT2D eigenvalue weighted by atomic mass is 14.3. The van der Waals surface area contributed by atoms with E-state index >= 15 is 0 Å². The van der Waals surface area contributed by atoms with E-state index in [0.29, 0.717) is 0 Å². The monoisotopic (exact) mass is 418 g/mol. The van der Waals surface area contributed by atoms with Gasteiger partial charge in [-0.3, -0.25) is 0 Å². The van der Waals surface area contributed by atoms with E-state index in [1.807, 2.05) is 55.4 Å². The van der Waals surface area contributed by atoms with Crippen LogP contribution in [0.3, 0.4) is 0 Å². The Bertz CT molecular complexity index is 798. The van der Waals surface area contributed by atoms with Gasteiger partial charge in [0.2, 0.25) is 0 Å². The zero-order valence-corrected chi connectivity index (χ0v) is 21.9. The summed E-state index contributed by atoms with van der Waals surface area (Å²) >= 11 is 0. The van der Waals surface area contributed by atoms with Crippen LogP contribution in [0.5, 0.6) is 0 Å². The lowest BCUT2D eigenvalue weighted by Crippen LogP contribution is -1.86. The van der Waals surface area contributed by atoms with Gasteiger partial charge in [0.1, 0.15) is 0 Å². The number of hydrogen-bond acceptors (Lipinski definition) is 0. The van der Waals surface area contributed by atoms with E-state index in [0.717, 1.165) is 12.8 Å². The highest BCUT2D eigenvalue weighted by Crippen LogP contribution is 2.48. The fourth-order valence-electron chi connectivity index (χ4n) is 3.85. The zero-order valence-electron chi connectivity index (χ0n) is 21.9. The minimum absolute atomic E-state index is 1.08. The van der Waals surface area contributed by atoms with Crippen LogP contribution in [-0.4, -0.2) is 0 Å². The zero-order chi connectivity index (χ0) is 23.8. The van der Waals surface area contributed by atoms with Crippen LogP contribution >= 0.6 is 0 Å². The molecule has 0 amide bonds. The largest absolute Gasteiger partial charge is 0.0683 e. The number of hydrogen-bond donors (Lipinski definition) is 0. The van der Waals surface area contributed by atoms with Crippen LogP contribution in [0, 0.1) is 0 Å². The minimum Gasteiger partial charge on any atom is -0.0683 e. The normalized spacial score (nSPS) is 10.1. The summed E-state index contributed by atoms with van der Waals surface area (Å²) in [4.78, 5) is 0. The second kappa shape index (κ2) is 16.4. The van der Waals surface area contributed by atoms with Gasteiger partial charge in [-0.05, 0) is 57.3 Å². The molecule has 5 rings (SSSR count). The molecule has 0 atom stereocenters. The Balaban J connectivity index is 0.000000717. The van der Waals surface area contributed by atoms with Crippen molar-refractivity contribution in [2.75, 3.05) is 0 Å². The Kier molecular flexibility index (Phi) is 15.1. The number of rotatable bonds is 0. The maximum absolute atomic E-state index is 2.33. The van der Waals surface area contributed by atoms with Gasteiger partial charge in [0.15, 0.2) is 0 Å². The molecule has 3 aromatic rings. The van der Waals surface area contributed by atoms with Crippen LogP contribution in [0.25, 0.3) is 22.3 Å².